The van der Waals surface area contributed by atoms with E-state index in [-0.39, 0.29) is 16.4 Å². The highest BCUT2D eigenvalue weighted by atomic mass is 19.1. The van der Waals surface area contributed by atoms with Crippen molar-refractivity contribution in [2.45, 2.75) is 13.0 Å². The third-order valence-corrected chi connectivity index (χ3v) is 2.98. The summed E-state index contributed by atoms with van der Waals surface area (Å²) in [6.45, 7) is 1.06. The molecule has 0 amide bonds. The minimum Gasteiger partial charge on any atom is -0.312 e. The van der Waals surface area contributed by atoms with Gasteiger partial charge in [-0.3, -0.25) is 10.1 Å². The summed E-state index contributed by atoms with van der Waals surface area (Å²) in [5.74, 6) is -0.249. The van der Waals surface area contributed by atoms with Crippen molar-refractivity contribution in [1.29, 1.82) is 0 Å². The molecule has 0 aliphatic carbocycles. The van der Waals surface area contributed by atoms with Crippen LogP contribution in [0.1, 0.15) is 11.1 Å². The summed E-state index contributed by atoms with van der Waals surface area (Å²) in [6.07, 6.45) is 0.679. The summed E-state index contributed by atoms with van der Waals surface area (Å²) in [4.78, 5) is 10.5. The molecule has 0 unspecified atom stereocenters. The zero-order valence-electron chi connectivity index (χ0n) is 10.9. The number of hydrogen-bond donors (Lipinski definition) is 1. The van der Waals surface area contributed by atoms with Gasteiger partial charge < -0.3 is 5.32 Å². The van der Waals surface area contributed by atoms with Crippen molar-refractivity contribution in [3.63, 3.8) is 0 Å². The predicted octanol–water partition coefficient (Wildman–Crippen LogP) is 3.07. The molecule has 2 rings (SSSR count). The van der Waals surface area contributed by atoms with Crippen molar-refractivity contribution in [1.82, 2.24) is 5.32 Å². The zero-order valence-corrected chi connectivity index (χ0v) is 10.9. The maximum atomic E-state index is 13.0. The van der Waals surface area contributed by atoms with Gasteiger partial charge in [-0.2, -0.15) is 0 Å². The average molecular weight is 274 g/mol. The molecule has 2 aromatic rings. The molecule has 2 aromatic carbocycles. The second kappa shape index (κ2) is 6.77. The number of halogens is 1. The van der Waals surface area contributed by atoms with Gasteiger partial charge in [-0.15, -0.1) is 0 Å². The van der Waals surface area contributed by atoms with Gasteiger partial charge in [0, 0.05) is 18.2 Å². The first-order valence-electron chi connectivity index (χ1n) is 6.34. The molecule has 0 radical (unpaired) electrons. The average Bonchev–Trinajstić information content (AvgIpc) is 2.44. The van der Waals surface area contributed by atoms with Crippen molar-refractivity contribution in [3.8, 4) is 0 Å². The quantitative estimate of drug-likeness (QED) is 0.500. The van der Waals surface area contributed by atoms with E-state index < -0.39 is 0 Å². The molecule has 4 nitrogen and oxygen atoms in total. The smallest absolute Gasteiger partial charge is 0.273 e. The SMILES string of the molecule is O=[N+]([O-])c1ccccc1CNCCc1cccc(F)c1. The lowest BCUT2D eigenvalue weighted by Crippen LogP contribution is -2.17. The van der Waals surface area contributed by atoms with Crippen molar-refractivity contribution < 1.29 is 9.31 Å². The maximum absolute atomic E-state index is 13.0. The highest BCUT2D eigenvalue weighted by Crippen LogP contribution is 2.17. The molecule has 0 heterocycles. The number of hydrogen-bond acceptors (Lipinski definition) is 3. The van der Waals surface area contributed by atoms with Crippen LogP contribution in [0.2, 0.25) is 0 Å². The van der Waals surface area contributed by atoms with Crippen LogP contribution < -0.4 is 5.32 Å². The molecule has 0 bridgehead atoms. The molecular formula is C15H15FN2O2. The monoisotopic (exact) mass is 274 g/mol. The lowest BCUT2D eigenvalue weighted by Gasteiger charge is -2.06. The van der Waals surface area contributed by atoms with Crippen LogP contribution in [0.15, 0.2) is 48.5 Å². The van der Waals surface area contributed by atoms with Gasteiger partial charge in [0.15, 0.2) is 0 Å². The minimum atomic E-state index is -0.385. The fraction of sp³-hybridized carbons (Fsp3) is 0.200. The van der Waals surface area contributed by atoms with Crippen LogP contribution in [0.3, 0.4) is 0 Å². The Morgan fingerprint density at radius 3 is 2.70 bits per heavy atom. The van der Waals surface area contributed by atoms with Crippen LogP contribution in [0.5, 0.6) is 0 Å². The van der Waals surface area contributed by atoms with E-state index in [0.717, 1.165) is 5.56 Å². The number of rotatable bonds is 6. The molecule has 0 atom stereocenters. The van der Waals surface area contributed by atoms with Gasteiger partial charge >= 0.3 is 0 Å². The lowest BCUT2D eigenvalue weighted by molar-refractivity contribution is -0.385. The number of benzene rings is 2. The van der Waals surface area contributed by atoms with Gasteiger partial charge in [-0.25, -0.2) is 4.39 Å². The third-order valence-electron chi connectivity index (χ3n) is 2.98. The molecule has 0 aliphatic rings. The summed E-state index contributed by atoms with van der Waals surface area (Å²) in [5, 5.41) is 14.0. The van der Waals surface area contributed by atoms with Gasteiger partial charge in [0.2, 0.25) is 0 Å². The molecule has 0 aromatic heterocycles. The predicted molar refractivity (Wildman–Crippen MR) is 74.9 cm³/mol. The Morgan fingerprint density at radius 2 is 1.95 bits per heavy atom. The molecule has 5 heteroatoms. The molecule has 0 saturated carbocycles. The summed E-state index contributed by atoms with van der Waals surface area (Å²) in [5.41, 5.74) is 1.67. The van der Waals surface area contributed by atoms with E-state index >= 15 is 0 Å². The Bertz CT molecular complexity index is 602. The molecule has 20 heavy (non-hydrogen) atoms. The Hall–Kier alpha value is -2.27. The Balaban J connectivity index is 1.86. The van der Waals surface area contributed by atoms with Crippen LogP contribution in [-0.4, -0.2) is 11.5 Å². The summed E-state index contributed by atoms with van der Waals surface area (Å²) in [6, 6.07) is 13.1. The molecule has 104 valence electrons. The third kappa shape index (κ3) is 3.86. The molecule has 0 fully saturated rings. The molecule has 0 saturated heterocycles. The number of nitrogens with one attached hydrogen (secondary N) is 1. The van der Waals surface area contributed by atoms with Gasteiger partial charge in [-0.05, 0) is 30.7 Å². The first-order valence-corrected chi connectivity index (χ1v) is 6.34. The van der Waals surface area contributed by atoms with Crippen LogP contribution in [0.4, 0.5) is 10.1 Å². The van der Waals surface area contributed by atoms with E-state index in [9.17, 15) is 14.5 Å². The topological polar surface area (TPSA) is 55.2 Å². The Labute approximate surface area is 116 Å². The summed E-state index contributed by atoms with van der Waals surface area (Å²) in [7, 11) is 0. The Kier molecular flexibility index (Phi) is 4.79. The van der Waals surface area contributed by atoms with E-state index in [1.54, 1.807) is 24.3 Å². The fourth-order valence-electron chi connectivity index (χ4n) is 1.99. The molecule has 1 N–H and O–H groups in total. The molecular weight excluding hydrogens is 259 g/mol. The van der Waals surface area contributed by atoms with E-state index in [1.165, 1.54) is 18.2 Å². The van der Waals surface area contributed by atoms with E-state index in [1.807, 2.05) is 6.07 Å². The van der Waals surface area contributed by atoms with E-state index in [0.29, 0.717) is 25.1 Å². The van der Waals surface area contributed by atoms with Gasteiger partial charge in [-0.1, -0.05) is 30.3 Å². The second-order valence-corrected chi connectivity index (χ2v) is 4.44. The van der Waals surface area contributed by atoms with Crippen molar-refractivity contribution in [2.75, 3.05) is 6.54 Å². The largest absolute Gasteiger partial charge is 0.312 e. The van der Waals surface area contributed by atoms with E-state index in [2.05, 4.69) is 5.32 Å². The number of nitrogens with zero attached hydrogens (tertiary/aromatic N) is 1. The van der Waals surface area contributed by atoms with Crippen molar-refractivity contribution in [2.24, 2.45) is 0 Å². The zero-order chi connectivity index (χ0) is 14.4. The first kappa shape index (κ1) is 14.1. The minimum absolute atomic E-state index is 0.116. The van der Waals surface area contributed by atoms with Gasteiger partial charge in [0.1, 0.15) is 5.82 Å². The molecule has 0 spiro atoms. The summed E-state index contributed by atoms with van der Waals surface area (Å²) >= 11 is 0. The van der Waals surface area contributed by atoms with Gasteiger partial charge in [0.05, 0.1) is 4.92 Å². The maximum Gasteiger partial charge on any atom is 0.273 e. The van der Waals surface area contributed by atoms with Crippen LogP contribution >= 0.6 is 0 Å². The number of nitro groups is 1. The van der Waals surface area contributed by atoms with Crippen LogP contribution in [-0.2, 0) is 13.0 Å². The Morgan fingerprint density at radius 1 is 1.15 bits per heavy atom. The van der Waals surface area contributed by atoms with Crippen LogP contribution in [0.25, 0.3) is 0 Å². The first-order chi connectivity index (χ1) is 9.66. The highest BCUT2D eigenvalue weighted by molar-refractivity contribution is 5.39. The second-order valence-electron chi connectivity index (χ2n) is 4.44. The fourth-order valence-corrected chi connectivity index (χ4v) is 1.99. The lowest BCUT2D eigenvalue weighted by atomic mass is 10.1. The van der Waals surface area contributed by atoms with Crippen molar-refractivity contribution >= 4 is 5.69 Å². The van der Waals surface area contributed by atoms with Gasteiger partial charge in [0.25, 0.3) is 5.69 Å². The standard InChI is InChI=1S/C15H15FN2O2/c16-14-6-3-4-12(10-14)8-9-17-11-13-5-1-2-7-15(13)18(19)20/h1-7,10,17H,8-9,11H2. The number of para-hydroxylation sites is 1. The molecule has 0 aliphatic heterocycles. The van der Waals surface area contributed by atoms with Crippen LogP contribution in [0, 0.1) is 15.9 Å². The highest BCUT2D eigenvalue weighted by Gasteiger charge is 2.11. The normalized spacial score (nSPS) is 10.4. The summed E-state index contributed by atoms with van der Waals surface area (Å²) < 4.78 is 13.0. The van der Waals surface area contributed by atoms with Crippen molar-refractivity contribution in [3.05, 3.63) is 75.6 Å². The van der Waals surface area contributed by atoms with E-state index in [4.69, 9.17) is 0 Å². The number of nitro benzene ring substituents is 1.